The number of hydrazine groups is 1. The van der Waals surface area contributed by atoms with Crippen molar-refractivity contribution < 1.29 is 9.72 Å². The van der Waals surface area contributed by atoms with Gasteiger partial charge in [0, 0.05) is 36.2 Å². The van der Waals surface area contributed by atoms with Gasteiger partial charge in [-0.15, -0.1) is 0 Å². The summed E-state index contributed by atoms with van der Waals surface area (Å²) in [5, 5.41) is 11.2. The summed E-state index contributed by atoms with van der Waals surface area (Å²) in [4.78, 5) is 29.9. The summed E-state index contributed by atoms with van der Waals surface area (Å²) in [6.07, 6.45) is 8.02. The second kappa shape index (κ2) is 7.90. The molecule has 118 valence electrons. The molecule has 1 heterocycles. The third-order valence-corrected chi connectivity index (χ3v) is 3.24. The Labute approximate surface area is 136 Å². The lowest BCUT2D eigenvalue weighted by molar-refractivity contribution is -0.384. The molecule has 2 N–H and O–H groups in total. The van der Waals surface area contributed by atoms with Crippen molar-refractivity contribution in [3.63, 3.8) is 0 Å². The number of non-ortho nitro benzene ring substituents is 1. The van der Waals surface area contributed by atoms with E-state index in [1.807, 2.05) is 6.26 Å². The van der Waals surface area contributed by atoms with Crippen molar-refractivity contribution in [2.45, 2.75) is 5.16 Å². The Hall–Kier alpha value is -2.94. The molecule has 0 bridgehead atoms. The van der Waals surface area contributed by atoms with E-state index in [-0.39, 0.29) is 11.6 Å². The minimum atomic E-state index is -0.491. The molecule has 0 aliphatic heterocycles. The van der Waals surface area contributed by atoms with Gasteiger partial charge >= 0.3 is 0 Å². The molecule has 1 amide bonds. The Morgan fingerprint density at radius 2 is 1.91 bits per heavy atom. The van der Waals surface area contributed by atoms with E-state index in [1.54, 1.807) is 18.5 Å². The zero-order valence-electron chi connectivity index (χ0n) is 12.1. The lowest BCUT2D eigenvalue weighted by Gasteiger charge is -2.05. The van der Waals surface area contributed by atoms with Crippen LogP contribution in [0.2, 0.25) is 0 Å². The number of nitro groups is 1. The van der Waals surface area contributed by atoms with Gasteiger partial charge in [0.25, 0.3) is 11.6 Å². The highest BCUT2D eigenvalue weighted by molar-refractivity contribution is 7.98. The van der Waals surface area contributed by atoms with Gasteiger partial charge in [-0.05, 0) is 24.5 Å². The first-order chi connectivity index (χ1) is 11.1. The smallest absolute Gasteiger partial charge is 0.269 e. The lowest BCUT2D eigenvalue weighted by Crippen LogP contribution is -2.27. The fourth-order valence-electron chi connectivity index (χ4n) is 1.53. The molecule has 1 aromatic carbocycles. The second-order valence-electron chi connectivity index (χ2n) is 4.25. The van der Waals surface area contributed by atoms with Gasteiger partial charge in [0.1, 0.15) is 0 Å². The Kier molecular flexibility index (Phi) is 5.64. The number of rotatable bonds is 6. The van der Waals surface area contributed by atoms with E-state index in [0.717, 1.165) is 0 Å². The van der Waals surface area contributed by atoms with Crippen LogP contribution in [0.5, 0.6) is 0 Å². The van der Waals surface area contributed by atoms with Crippen LogP contribution in [0.4, 0.5) is 11.4 Å². The number of nitrogens with zero attached hydrogens (tertiary/aromatic N) is 3. The van der Waals surface area contributed by atoms with Crippen molar-refractivity contribution in [1.82, 2.24) is 15.4 Å². The van der Waals surface area contributed by atoms with E-state index in [4.69, 9.17) is 0 Å². The number of amides is 1. The van der Waals surface area contributed by atoms with E-state index in [2.05, 4.69) is 20.8 Å². The largest absolute Gasteiger partial charge is 0.298 e. The number of hydrogen-bond acceptors (Lipinski definition) is 7. The van der Waals surface area contributed by atoms with Crippen LogP contribution >= 0.6 is 11.8 Å². The lowest BCUT2D eigenvalue weighted by atomic mass is 10.3. The maximum absolute atomic E-state index is 11.7. The van der Waals surface area contributed by atoms with Crippen LogP contribution in [0.1, 0.15) is 5.56 Å². The molecule has 1 aromatic heterocycles. The quantitative estimate of drug-likeness (QED) is 0.275. The van der Waals surface area contributed by atoms with Crippen LogP contribution in [-0.2, 0) is 4.79 Å². The minimum Gasteiger partial charge on any atom is -0.298 e. The number of aromatic nitrogens is 2. The van der Waals surface area contributed by atoms with Gasteiger partial charge in [0.05, 0.1) is 10.6 Å². The van der Waals surface area contributed by atoms with E-state index in [9.17, 15) is 14.9 Å². The van der Waals surface area contributed by atoms with Gasteiger partial charge in [-0.2, -0.15) is 0 Å². The number of thioether (sulfide) groups is 1. The predicted octanol–water partition coefficient (Wildman–Crippen LogP) is 2.26. The first-order valence-electron chi connectivity index (χ1n) is 6.43. The van der Waals surface area contributed by atoms with Crippen molar-refractivity contribution in [3.8, 4) is 0 Å². The van der Waals surface area contributed by atoms with Crippen molar-refractivity contribution >= 4 is 35.1 Å². The molecule has 0 aliphatic rings. The predicted molar refractivity (Wildman–Crippen MR) is 87.7 cm³/mol. The summed E-state index contributed by atoms with van der Waals surface area (Å²) in [6.45, 7) is 0. The molecule has 0 saturated carbocycles. The SMILES string of the molecule is CSc1ncc(C=CC(=O)NNc2ccc([N+](=O)[O-])cc2)cn1. The van der Waals surface area contributed by atoms with E-state index in [1.165, 1.54) is 42.1 Å². The van der Waals surface area contributed by atoms with E-state index < -0.39 is 4.92 Å². The first-order valence-corrected chi connectivity index (χ1v) is 7.65. The van der Waals surface area contributed by atoms with Crippen molar-refractivity contribution in [1.29, 1.82) is 0 Å². The topological polar surface area (TPSA) is 110 Å². The molecule has 8 nitrogen and oxygen atoms in total. The molecule has 0 spiro atoms. The number of carbonyl (C=O) groups is 1. The highest BCUT2D eigenvalue weighted by Crippen LogP contribution is 2.14. The zero-order valence-corrected chi connectivity index (χ0v) is 12.9. The molecule has 0 fully saturated rings. The van der Waals surface area contributed by atoms with Gasteiger partial charge < -0.3 is 0 Å². The van der Waals surface area contributed by atoms with Crippen LogP contribution < -0.4 is 10.9 Å². The minimum absolute atomic E-state index is 0.0181. The monoisotopic (exact) mass is 331 g/mol. The molecule has 0 aliphatic carbocycles. The number of nitrogens with one attached hydrogen (secondary N) is 2. The molecular weight excluding hydrogens is 318 g/mol. The van der Waals surface area contributed by atoms with Gasteiger partial charge in [-0.25, -0.2) is 9.97 Å². The Bertz CT molecular complexity index is 716. The number of carbonyl (C=O) groups excluding carboxylic acids is 1. The van der Waals surface area contributed by atoms with Crippen molar-refractivity contribution in [3.05, 3.63) is 58.4 Å². The van der Waals surface area contributed by atoms with E-state index >= 15 is 0 Å². The second-order valence-corrected chi connectivity index (χ2v) is 5.03. The molecule has 2 rings (SSSR count). The van der Waals surface area contributed by atoms with E-state index in [0.29, 0.717) is 16.4 Å². The normalized spacial score (nSPS) is 10.5. The van der Waals surface area contributed by atoms with Gasteiger partial charge in [0.15, 0.2) is 5.16 Å². The molecule has 2 aromatic rings. The zero-order chi connectivity index (χ0) is 16.7. The summed E-state index contributed by atoms with van der Waals surface area (Å²) in [7, 11) is 0. The average molecular weight is 331 g/mol. The Balaban J connectivity index is 1.86. The maximum Gasteiger partial charge on any atom is 0.269 e. The fraction of sp³-hybridized carbons (Fsp3) is 0.0714. The average Bonchev–Trinajstić information content (AvgIpc) is 2.59. The number of anilines is 1. The van der Waals surface area contributed by atoms with Crippen molar-refractivity contribution in [2.24, 2.45) is 0 Å². The third kappa shape index (κ3) is 5.08. The highest BCUT2D eigenvalue weighted by Gasteiger charge is 2.03. The molecule has 0 radical (unpaired) electrons. The van der Waals surface area contributed by atoms with Crippen LogP contribution in [0.3, 0.4) is 0 Å². The summed E-state index contributed by atoms with van der Waals surface area (Å²) >= 11 is 1.43. The number of nitro benzene ring substituents is 1. The summed E-state index contributed by atoms with van der Waals surface area (Å²) in [5.74, 6) is -0.378. The van der Waals surface area contributed by atoms with Crippen LogP contribution in [0, 0.1) is 10.1 Å². The third-order valence-electron chi connectivity index (χ3n) is 2.67. The molecule has 0 unspecified atom stereocenters. The summed E-state index contributed by atoms with van der Waals surface area (Å²) < 4.78 is 0. The first kappa shape index (κ1) is 16.4. The Morgan fingerprint density at radius 3 is 2.48 bits per heavy atom. The number of hydrogen-bond donors (Lipinski definition) is 2. The van der Waals surface area contributed by atoms with Gasteiger partial charge in [0.2, 0.25) is 0 Å². The maximum atomic E-state index is 11.7. The van der Waals surface area contributed by atoms with Crippen LogP contribution in [0.15, 0.2) is 47.9 Å². The molecule has 23 heavy (non-hydrogen) atoms. The van der Waals surface area contributed by atoms with Crippen molar-refractivity contribution in [2.75, 3.05) is 11.7 Å². The van der Waals surface area contributed by atoms with Gasteiger partial charge in [-0.1, -0.05) is 11.8 Å². The highest BCUT2D eigenvalue weighted by atomic mass is 32.2. The molecule has 0 saturated heterocycles. The molecule has 9 heteroatoms. The van der Waals surface area contributed by atoms with Crippen LogP contribution in [-0.4, -0.2) is 27.1 Å². The van der Waals surface area contributed by atoms with Gasteiger partial charge in [-0.3, -0.25) is 25.8 Å². The fourth-order valence-corrected chi connectivity index (χ4v) is 1.85. The molecule has 0 atom stereocenters. The Morgan fingerprint density at radius 1 is 1.26 bits per heavy atom. The number of benzene rings is 1. The van der Waals surface area contributed by atoms with Crippen LogP contribution in [0.25, 0.3) is 6.08 Å². The summed E-state index contributed by atoms with van der Waals surface area (Å²) in [5.41, 5.74) is 6.32. The summed E-state index contributed by atoms with van der Waals surface area (Å²) in [6, 6.07) is 5.68. The standard InChI is InChI=1S/C14H13N5O3S/c1-23-14-15-8-10(9-16-14)2-7-13(20)18-17-11-3-5-12(6-4-11)19(21)22/h2-9,17H,1H3,(H,18,20). The molecular formula is C14H13N5O3S.